The molecule has 1 aliphatic rings. The Bertz CT molecular complexity index is 473. The van der Waals surface area contributed by atoms with Crippen LogP contribution in [0.4, 0.5) is 0 Å². The molecule has 4 nitrogen and oxygen atoms in total. The number of pyridine rings is 1. The number of hydrogen-bond acceptors (Lipinski definition) is 3. The molecule has 1 aromatic heterocycles. The summed E-state index contributed by atoms with van der Waals surface area (Å²) >= 11 is 5.92. The fourth-order valence-electron chi connectivity index (χ4n) is 1.89. The van der Waals surface area contributed by atoms with Crippen LogP contribution in [0.15, 0.2) is 12.1 Å². The molecule has 5 heteroatoms. The molecule has 1 unspecified atom stereocenters. The number of nitrogens with one attached hydrogen (secondary N) is 1. The van der Waals surface area contributed by atoms with Gasteiger partial charge >= 0.3 is 0 Å². The summed E-state index contributed by atoms with van der Waals surface area (Å²) in [5, 5.41) is 12.8. The first-order chi connectivity index (χ1) is 8.97. The van der Waals surface area contributed by atoms with Crippen molar-refractivity contribution in [3.63, 3.8) is 0 Å². The number of aromatic nitrogens is 1. The summed E-state index contributed by atoms with van der Waals surface area (Å²) < 4.78 is 0. The number of rotatable bonds is 5. The van der Waals surface area contributed by atoms with E-state index in [0.29, 0.717) is 23.2 Å². The molecule has 0 saturated heterocycles. The Morgan fingerprint density at radius 3 is 2.79 bits per heavy atom. The first-order valence-electron chi connectivity index (χ1n) is 6.61. The van der Waals surface area contributed by atoms with Crippen LogP contribution in [0.3, 0.4) is 0 Å². The summed E-state index contributed by atoms with van der Waals surface area (Å²) in [5.41, 5.74) is 1.28. The molecule has 0 spiro atoms. The molecule has 0 aromatic carbocycles. The average Bonchev–Trinajstić information content (AvgIpc) is 3.18. The molecule has 1 amide bonds. The molecule has 1 fully saturated rings. The fourth-order valence-corrected chi connectivity index (χ4v) is 2.11. The highest BCUT2D eigenvalue weighted by Gasteiger charge is 2.29. The van der Waals surface area contributed by atoms with E-state index in [-0.39, 0.29) is 11.8 Å². The van der Waals surface area contributed by atoms with Crippen molar-refractivity contribution in [2.45, 2.75) is 38.7 Å². The highest BCUT2D eigenvalue weighted by atomic mass is 35.5. The third-order valence-corrected chi connectivity index (χ3v) is 3.50. The van der Waals surface area contributed by atoms with Crippen LogP contribution in [0.5, 0.6) is 0 Å². The zero-order chi connectivity index (χ0) is 14.0. The Morgan fingerprint density at radius 1 is 1.53 bits per heavy atom. The maximum absolute atomic E-state index is 12.0. The second-order valence-corrected chi connectivity index (χ2v) is 5.76. The van der Waals surface area contributed by atoms with E-state index in [0.717, 1.165) is 18.5 Å². The van der Waals surface area contributed by atoms with Gasteiger partial charge in [0.25, 0.3) is 5.91 Å². The minimum absolute atomic E-state index is 0.210. The van der Waals surface area contributed by atoms with Crippen LogP contribution < -0.4 is 5.32 Å². The van der Waals surface area contributed by atoms with Crippen LogP contribution in [0, 0.1) is 5.92 Å². The molecular formula is C14H19ClN2O2. The van der Waals surface area contributed by atoms with Crippen LogP contribution in [0.25, 0.3) is 0 Å². The normalized spacial score (nSPS) is 16.5. The number of aliphatic hydroxyl groups is 1. The Balaban J connectivity index is 2.01. The lowest BCUT2D eigenvalue weighted by atomic mass is 10.1. The molecular weight excluding hydrogens is 264 g/mol. The van der Waals surface area contributed by atoms with Gasteiger partial charge in [0, 0.05) is 17.8 Å². The number of hydrogen-bond donors (Lipinski definition) is 2. The average molecular weight is 283 g/mol. The molecule has 104 valence electrons. The van der Waals surface area contributed by atoms with Gasteiger partial charge in [0.15, 0.2) is 0 Å². The summed E-state index contributed by atoms with van der Waals surface area (Å²) in [7, 11) is 0. The van der Waals surface area contributed by atoms with Crippen molar-refractivity contribution in [2.24, 2.45) is 5.92 Å². The van der Waals surface area contributed by atoms with Crippen molar-refractivity contribution >= 4 is 17.5 Å². The number of halogens is 1. The lowest BCUT2D eigenvalue weighted by molar-refractivity contribution is 0.0901. The maximum Gasteiger partial charge on any atom is 0.251 e. The van der Waals surface area contributed by atoms with Gasteiger partial charge in [0.05, 0.1) is 6.10 Å². The number of amides is 1. The number of carbonyl (C=O) groups excluding carboxylic acids is 1. The molecule has 1 saturated carbocycles. The van der Waals surface area contributed by atoms with Gasteiger partial charge in [-0.2, -0.15) is 0 Å². The van der Waals surface area contributed by atoms with Crippen LogP contribution in [0.2, 0.25) is 5.15 Å². The molecule has 2 N–H and O–H groups in total. The first-order valence-corrected chi connectivity index (χ1v) is 6.99. The minimum Gasteiger partial charge on any atom is -0.391 e. The number of nitrogens with zero attached hydrogens (tertiary/aromatic N) is 1. The topological polar surface area (TPSA) is 62.2 Å². The van der Waals surface area contributed by atoms with Crippen LogP contribution in [-0.4, -0.2) is 28.6 Å². The predicted octanol–water partition coefficient (Wildman–Crippen LogP) is 2.36. The highest BCUT2D eigenvalue weighted by Crippen LogP contribution is 2.32. The van der Waals surface area contributed by atoms with Crippen molar-refractivity contribution < 1.29 is 9.90 Å². The predicted molar refractivity (Wildman–Crippen MR) is 74.4 cm³/mol. The van der Waals surface area contributed by atoms with E-state index in [1.54, 1.807) is 12.1 Å². The van der Waals surface area contributed by atoms with Crippen molar-refractivity contribution in [3.05, 3.63) is 28.5 Å². The van der Waals surface area contributed by atoms with Crippen LogP contribution in [-0.2, 0) is 0 Å². The highest BCUT2D eigenvalue weighted by molar-refractivity contribution is 6.29. The Morgan fingerprint density at radius 2 is 2.21 bits per heavy atom. The minimum atomic E-state index is -0.439. The molecule has 0 aliphatic heterocycles. The van der Waals surface area contributed by atoms with E-state index < -0.39 is 6.10 Å². The maximum atomic E-state index is 12.0. The van der Waals surface area contributed by atoms with Crippen LogP contribution >= 0.6 is 11.6 Å². The molecule has 0 radical (unpaired) electrons. The third-order valence-electron chi connectivity index (χ3n) is 3.31. The van der Waals surface area contributed by atoms with Crippen molar-refractivity contribution in [1.29, 1.82) is 0 Å². The second kappa shape index (κ2) is 5.88. The van der Waals surface area contributed by atoms with Gasteiger partial charge in [0.2, 0.25) is 0 Å². The summed E-state index contributed by atoms with van der Waals surface area (Å²) in [6.07, 6.45) is 1.66. The molecule has 1 atom stereocenters. The molecule has 2 rings (SSSR count). The zero-order valence-electron chi connectivity index (χ0n) is 11.2. The summed E-state index contributed by atoms with van der Waals surface area (Å²) in [5.74, 6) is 0.348. The first kappa shape index (κ1) is 14.3. The molecule has 1 aliphatic carbocycles. The summed E-state index contributed by atoms with van der Waals surface area (Å²) in [6, 6.07) is 3.29. The van der Waals surface area contributed by atoms with E-state index in [9.17, 15) is 9.90 Å². The third kappa shape index (κ3) is 3.91. The number of aliphatic hydroxyl groups excluding tert-OH is 1. The molecule has 1 aromatic rings. The summed E-state index contributed by atoms with van der Waals surface area (Å²) in [4.78, 5) is 16.2. The van der Waals surface area contributed by atoms with E-state index in [2.05, 4.69) is 10.3 Å². The van der Waals surface area contributed by atoms with Crippen LogP contribution in [0.1, 0.15) is 48.7 Å². The van der Waals surface area contributed by atoms with Gasteiger partial charge in [-0.25, -0.2) is 4.98 Å². The van der Waals surface area contributed by atoms with Gasteiger partial charge in [-0.05, 0) is 36.8 Å². The lowest BCUT2D eigenvalue weighted by Gasteiger charge is -2.12. The molecule has 19 heavy (non-hydrogen) atoms. The van der Waals surface area contributed by atoms with Crippen molar-refractivity contribution in [1.82, 2.24) is 10.3 Å². The quantitative estimate of drug-likeness (QED) is 0.815. The van der Waals surface area contributed by atoms with Gasteiger partial charge in [0.1, 0.15) is 5.15 Å². The van der Waals surface area contributed by atoms with Crippen molar-refractivity contribution in [3.8, 4) is 0 Å². The van der Waals surface area contributed by atoms with Gasteiger partial charge in [-0.1, -0.05) is 25.4 Å². The Kier molecular flexibility index (Phi) is 4.42. The summed E-state index contributed by atoms with van der Waals surface area (Å²) in [6.45, 7) is 4.29. The van der Waals surface area contributed by atoms with E-state index >= 15 is 0 Å². The molecule has 1 heterocycles. The Hall–Kier alpha value is -1.13. The SMILES string of the molecule is CC(C)c1cc(C(=O)NCC(O)C2CC2)cc(Cl)n1. The lowest BCUT2D eigenvalue weighted by Crippen LogP contribution is -2.33. The van der Waals surface area contributed by atoms with Gasteiger partial charge in [-0.3, -0.25) is 4.79 Å². The van der Waals surface area contributed by atoms with E-state index in [1.807, 2.05) is 13.8 Å². The smallest absolute Gasteiger partial charge is 0.251 e. The van der Waals surface area contributed by atoms with Gasteiger partial charge in [-0.15, -0.1) is 0 Å². The largest absolute Gasteiger partial charge is 0.391 e. The van der Waals surface area contributed by atoms with Crippen molar-refractivity contribution in [2.75, 3.05) is 6.54 Å². The Labute approximate surface area is 118 Å². The monoisotopic (exact) mass is 282 g/mol. The molecule has 0 bridgehead atoms. The van der Waals surface area contributed by atoms with E-state index in [4.69, 9.17) is 11.6 Å². The second-order valence-electron chi connectivity index (χ2n) is 5.37. The number of carbonyl (C=O) groups is 1. The standard InChI is InChI=1S/C14H19ClN2O2/c1-8(2)11-5-10(6-13(15)17-11)14(19)16-7-12(18)9-3-4-9/h5-6,8-9,12,18H,3-4,7H2,1-2H3,(H,16,19). The van der Waals surface area contributed by atoms with E-state index in [1.165, 1.54) is 0 Å². The fraction of sp³-hybridized carbons (Fsp3) is 0.571. The zero-order valence-corrected chi connectivity index (χ0v) is 11.9. The van der Waals surface area contributed by atoms with Gasteiger partial charge < -0.3 is 10.4 Å².